The van der Waals surface area contributed by atoms with Crippen molar-refractivity contribution in [1.82, 2.24) is 4.90 Å². The van der Waals surface area contributed by atoms with Gasteiger partial charge in [-0.2, -0.15) is 5.26 Å². The number of hydrogen-bond acceptors (Lipinski definition) is 5. The molecule has 0 fully saturated rings. The quantitative estimate of drug-likeness (QED) is 0.854. The van der Waals surface area contributed by atoms with E-state index in [-0.39, 0.29) is 17.4 Å². The lowest BCUT2D eigenvalue weighted by Crippen LogP contribution is -2.58. The Bertz CT molecular complexity index is 1010. The fourth-order valence-corrected chi connectivity index (χ4v) is 3.34. The van der Waals surface area contributed by atoms with Crippen LogP contribution in [-0.4, -0.2) is 23.8 Å². The molecule has 1 amide bonds. The van der Waals surface area contributed by atoms with E-state index in [9.17, 15) is 9.18 Å². The normalized spacial score (nSPS) is 21.1. The lowest BCUT2D eigenvalue weighted by Gasteiger charge is -2.46. The maximum Gasteiger partial charge on any atom is 0.237 e. The van der Waals surface area contributed by atoms with Crippen molar-refractivity contribution in [3.8, 4) is 6.07 Å². The first-order valence-corrected chi connectivity index (χ1v) is 8.81. The molecule has 0 bridgehead atoms. The van der Waals surface area contributed by atoms with Gasteiger partial charge < -0.3 is 11.1 Å². The molecule has 0 radical (unpaired) electrons. The van der Waals surface area contributed by atoms with E-state index in [1.165, 1.54) is 11.0 Å². The summed E-state index contributed by atoms with van der Waals surface area (Å²) in [6.07, 6.45) is 0. The summed E-state index contributed by atoms with van der Waals surface area (Å²) in [6.45, 7) is 5.19. The number of halogens is 1. The van der Waals surface area contributed by atoms with E-state index in [0.717, 1.165) is 5.69 Å². The lowest BCUT2D eigenvalue weighted by atomic mass is 9.67. The number of carbonyl (C=O) groups is 1. The Morgan fingerprint density at radius 2 is 1.75 bits per heavy atom. The van der Waals surface area contributed by atoms with Crippen LogP contribution >= 0.6 is 0 Å². The third kappa shape index (κ3) is 2.97. The summed E-state index contributed by atoms with van der Waals surface area (Å²) in [6, 6.07) is 13.6. The first kappa shape index (κ1) is 19.4. The molecule has 0 aromatic heterocycles. The Labute approximate surface area is 163 Å². The van der Waals surface area contributed by atoms with E-state index in [4.69, 9.17) is 11.0 Å². The van der Waals surface area contributed by atoms with Gasteiger partial charge in [0, 0.05) is 24.0 Å². The maximum atomic E-state index is 14.8. The highest BCUT2D eigenvalue weighted by Crippen LogP contribution is 2.47. The van der Waals surface area contributed by atoms with Crippen LogP contribution in [0.2, 0.25) is 0 Å². The third-order valence-corrected chi connectivity index (χ3v) is 5.53. The zero-order valence-electron chi connectivity index (χ0n) is 16.2. The van der Waals surface area contributed by atoms with Gasteiger partial charge in [-0.3, -0.25) is 9.69 Å². The predicted molar refractivity (Wildman–Crippen MR) is 106 cm³/mol. The van der Waals surface area contributed by atoms with E-state index < -0.39 is 16.8 Å². The second-order valence-corrected chi connectivity index (χ2v) is 7.54. The number of nitrogens with one attached hydrogen (secondary N) is 1. The van der Waals surface area contributed by atoms with Gasteiger partial charge in [0.2, 0.25) is 5.91 Å². The molecule has 144 valence electrons. The molecule has 1 atom stereocenters. The Balaban J connectivity index is 2.05. The van der Waals surface area contributed by atoms with Gasteiger partial charge in [-0.15, -0.1) is 0 Å². The SMILES string of the molecule is CN1C(=O)C(C)(C)[C@@](C)(c2cc(Nc3ccc(C#N)cc3)ccc2F)N=C1N. The molecule has 0 unspecified atom stereocenters. The van der Waals surface area contributed by atoms with Crippen LogP contribution in [0.5, 0.6) is 0 Å². The van der Waals surface area contributed by atoms with Crippen molar-refractivity contribution in [2.75, 3.05) is 12.4 Å². The zero-order valence-corrected chi connectivity index (χ0v) is 16.2. The summed E-state index contributed by atoms with van der Waals surface area (Å²) in [5, 5.41) is 12.1. The van der Waals surface area contributed by atoms with Gasteiger partial charge in [0.15, 0.2) is 5.96 Å². The molecule has 2 aromatic carbocycles. The van der Waals surface area contributed by atoms with Crippen molar-refractivity contribution in [3.05, 3.63) is 59.4 Å². The summed E-state index contributed by atoms with van der Waals surface area (Å²) in [7, 11) is 1.56. The van der Waals surface area contributed by atoms with E-state index in [2.05, 4.69) is 16.4 Å². The molecule has 0 saturated heterocycles. The predicted octanol–water partition coefficient (Wildman–Crippen LogP) is 3.47. The number of nitrogens with zero attached hydrogens (tertiary/aromatic N) is 3. The second-order valence-electron chi connectivity index (χ2n) is 7.54. The smallest absolute Gasteiger partial charge is 0.237 e. The second kappa shape index (κ2) is 6.64. The number of nitrogens with two attached hydrogens (primary N) is 1. The molecule has 7 heteroatoms. The van der Waals surface area contributed by atoms with E-state index in [1.54, 1.807) is 64.2 Å². The molecule has 2 aromatic rings. The summed E-state index contributed by atoms with van der Waals surface area (Å²) in [5.74, 6) is -0.640. The van der Waals surface area contributed by atoms with Crippen molar-refractivity contribution < 1.29 is 9.18 Å². The van der Waals surface area contributed by atoms with Gasteiger partial charge in [0.25, 0.3) is 0 Å². The largest absolute Gasteiger partial charge is 0.369 e. The molecule has 3 N–H and O–H groups in total. The number of carbonyl (C=O) groups excluding carboxylic acids is 1. The van der Waals surface area contributed by atoms with Crippen LogP contribution < -0.4 is 11.1 Å². The standard InChI is InChI=1S/C21H22FN5O/c1-20(2)18(28)27(4)19(24)26-21(20,3)16-11-15(9-10-17(16)22)25-14-7-5-13(12-23)6-8-14/h5-11,25H,1-4H3,(H2,24,26)/t21-/m1/s1. The Morgan fingerprint density at radius 3 is 2.36 bits per heavy atom. The fourth-order valence-electron chi connectivity index (χ4n) is 3.34. The fraction of sp³-hybridized carbons (Fsp3) is 0.286. The molecule has 1 aliphatic heterocycles. The van der Waals surface area contributed by atoms with Crippen LogP contribution in [0.3, 0.4) is 0 Å². The molecule has 1 aliphatic rings. The minimum atomic E-state index is -1.17. The summed E-state index contributed by atoms with van der Waals surface area (Å²) < 4.78 is 14.8. The number of benzene rings is 2. The van der Waals surface area contributed by atoms with Crippen LogP contribution in [0.15, 0.2) is 47.5 Å². The van der Waals surface area contributed by atoms with E-state index in [1.807, 2.05) is 0 Å². The topological polar surface area (TPSA) is 94.5 Å². The number of anilines is 2. The Morgan fingerprint density at radius 1 is 1.14 bits per heavy atom. The highest BCUT2D eigenvalue weighted by atomic mass is 19.1. The first-order valence-electron chi connectivity index (χ1n) is 8.81. The number of aliphatic imine (C=N–C) groups is 1. The van der Waals surface area contributed by atoms with Crippen LogP contribution in [0.25, 0.3) is 0 Å². The number of rotatable bonds is 3. The van der Waals surface area contributed by atoms with E-state index >= 15 is 0 Å². The van der Waals surface area contributed by atoms with Crippen molar-refractivity contribution in [2.24, 2.45) is 16.1 Å². The van der Waals surface area contributed by atoms with Crippen LogP contribution in [0, 0.1) is 22.6 Å². The first-order chi connectivity index (χ1) is 13.1. The van der Waals surface area contributed by atoms with Gasteiger partial charge in [-0.25, -0.2) is 9.38 Å². The van der Waals surface area contributed by atoms with Crippen LogP contribution in [0.4, 0.5) is 15.8 Å². The van der Waals surface area contributed by atoms with Crippen LogP contribution in [0.1, 0.15) is 31.9 Å². The molecule has 0 aliphatic carbocycles. The number of amides is 1. The minimum absolute atomic E-state index is 0.0525. The van der Waals surface area contributed by atoms with Gasteiger partial charge in [0.1, 0.15) is 11.4 Å². The average molecular weight is 379 g/mol. The molecule has 28 heavy (non-hydrogen) atoms. The molecular formula is C21H22FN5O. The Hall–Kier alpha value is -3.40. The molecular weight excluding hydrogens is 357 g/mol. The maximum absolute atomic E-state index is 14.8. The van der Waals surface area contributed by atoms with Crippen molar-refractivity contribution in [1.29, 1.82) is 5.26 Å². The lowest BCUT2D eigenvalue weighted by molar-refractivity contribution is -0.140. The zero-order chi connectivity index (χ0) is 20.7. The average Bonchev–Trinajstić information content (AvgIpc) is 2.67. The van der Waals surface area contributed by atoms with Gasteiger partial charge >= 0.3 is 0 Å². The summed E-state index contributed by atoms with van der Waals surface area (Å²) in [4.78, 5) is 18.6. The van der Waals surface area contributed by atoms with Crippen molar-refractivity contribution in [3.63, 3.8) is 0 Å². The molecule has 0 saturated carbocycles. The van der Waals surface area contributed by atoms with Gasteiger partial charge in [0.05, 0.1) is 17.0 Å². The van der Waals surface area contributed by atoms with E-state index in [0.29, 0.717) is 11.3 Å². The number of hydrogen-bond donors (Lipinski definition) is 2. The molecule has 0 spiro atoms. The number of guanidine groups is 1. The van der Waals surface area contributed by atoms with Gasteiger partial charge in [-0.05, 0) is 63.2 Å². The monoisotopic (exact) mass is 379 g/mol. The molecule has 3 rings (SSSR count). The van der Waals surface area contributed by atoms with Gasteiger partial charge in [-0.1, -0.05) is 0 Å². The minimum Gasteiger partial charge on any atom is -0.369 e. The number of nitriles is 1. The highest BCUT2D eigenvalue weighted by molar-refractivity contribution is 6.01. The van der Waals surface area contributed by atoms with Crippen molar-refractivity contribution in [2.45, 2.75) is 26.3 Å². The summed E-state index contributed by atoms with van der Waals surface area (Å²) in [5.41, 5.74) is 5.98. The molecule has 1 heterocycles. The van der Waals surface area contributed by atoms with Crippen LogP contribution in [-0.2, 0) is 10.3 Å². The van der Waals surface area contributed by atoms with Crippen molar-refractivity contribution >= 4 is 23.2 Å². The summed E-state index contributed by atoms with van der Waals surface area (Å²) >= 11 is 0. The Kier molecular flexibility index (Phi) is 4.59. The molecule has 6 nitrogen and oxygen atoms in total. The highest BCUT2D eigenvalue weighted by Gasteiger charge is 2.53. The third-order valence-electron chi connectivity index (χ3n) is 5.53.